The van der Waals surface area contributed by atoms with Gasteiger partial charge in [0.1, 0.15) is 0 Å². The Bertz CT molecular complexity index is 573. The molecule has 2 amide bonds. The molecule has 1 aliphatic heterocycles. The van der Waals surface area contributed by atoms with Crippen LogP contribution in [0.3, 0.4) is 0 Å². The van der Waals surface area contributed by atoms with Crippen molar-refractivity contribution in [3.63, 3.8) is 0 Å². The Balaban J connectivity index is 1.38. The normalized spacial score (nSPS) is 19.6. The molecular weight excluding hydrogens is 322 g/mol. The van der Waals surface area contributed by atoms with Crippen molar-refractivity contribution < 1.29 is 9.59 Å². The van der Waals surface area contributed by atoms with E-state index >= 15 is 0 Å². The zero-order valence-corrected chi connectivity index (χ0v) is 15.2. The smallest absolute Gasteiger partial charge is 0.225 e. The number of piperidine rings is 1. The summed E-state index contributed by atoms with van der Waals surface area (Å²) < 4.78 is 0. The molecule has 1 aromatic rings. The van der Waals surface area contributed by atoms with Gasteiger partial charge in [-0.05, 0) is 32.6 Å². The fraction of sp³-hybridized carbons (Fsp3) is 0.722. The fourth-order valence-corrected chi connectivity index (χ4v) is 4.58. The second-order valence-corrected chi connectivity index (χ2v) is 7.92. The molecule has 2 aliphatic rings. The van der Waals surface area contributed by atoms with Gasteiger partial charge in [-0.1, -0.05) is 12.8 Å². The lowest BCUT2D eigenvalue weighted by atomic mass is 9.94. The average molecular weight is 350 g/mol. The van der Waals surface area contributed by atoms with Crippen molar-refractivity contribution in [3.8, 4) is 0 Å². The third-order valence-corrected chi connectivity index (χ3v) is 6.37. The first-order valence-corrected chi connectivity index (χ1v) is 9.98. The third kappa shape index (κ3) is 4.15. The zero-order chi connectivity index (χ0) is 16.9. The van der Waals surface area contributed by atoms with Crippen molar-refractivity contribution >= 4 is 23.2 Å². The second kappa shape index (κ2) is 8.10. The summed E-state index contributed by atoms with van der Waals surface area (Å²) in [5.74, 6) is 0.773. The molecule has 1 saturated heterocycles. The van der Waals surface area contributed by atoms with Gasteiger partial charge in [-0.3, -0.25) is 9.59 Å². The summed E-state index contributed by atoms with van der Waals surface area (Å²) in [5.41, 5.74) is 2.91. The highest BCUT2D eigenvalue weighted by molar-refractivity contribution is 7.09. The molecule has 0 bridgehead atoms. The van der Waals surface area contributed by atoms with E-state index in [1.807, 2.05) is 17.3 Å². The molecule has 1 aliphatic carbocycles. The number of hydrogen-bond donors (Lipinski definition) is 1. The molecule has 0 atom stereocenters. The summed E-state index contributed by atoms with van der Waals surface area (Å²) in [6.45, 7) is 4.15. The number of amides is 2. The van der Waals surface area contributed by atoms with Crippen LogP contribution in [0.15, 0.2) is 5.51 Å². The van der Waals surface area contributed by atoms with Crippen LogP contribution < -0.4 is 5.32 Å². The Kier molecular flexibility index (Phi) is 5.87. The maximum atomic E-state index is 12.4. The highest BCUT2D eigenvalue weighted by atomic mass is 32.1. The van der Waals surface area contributed by atoms with Gasteiger partial charge in [0.05, 0.1) is 11.2 Å². The SMILES string of the molecule is Cc1ncsc1CCNC(=O)C1CCN(C(=O)C2CCCC2)CC1. The minimum atomic E-state index is 0.0557. The number of hydrogen-bond acceptors (Lipinski definition) is 4. The van der Waals surface area contributed by atoms with E-state index in [0.29, 0.717) is 12.5 Å². The summed E-state index contributed by atoms with van der Waals surface area (Å²) >= 11 is 1.65. The van der Waals surface area contributed by atoms with Crippen LogP contribution in [0, 0.1) is 18.8 Å². The van der Waals surface area contributed by atoms with Crippen LogP contribution in [0.2, 0.25) is 0 Å². The highest BCUT2D eigenvalue weighted by Crippen LogP contribution is 2.28. The van der Waals surface area contributed by atoms with Crippen LogP contribution in [0.4, 0.5) is 0 Å². The van der Waals surface area contributed by atoms with Crippen molar-refractivity contribution in [2.45, 2.75) is 51.9 Å². The first-order valence-electron chi connectivity index (χ1n) is 9.10. The van der Waals surface area contributed by atoms with E-state index in [0.717, 1.165) is 50.9 Å². The van der Waals surface area contributed by atoms with E-state index in [4.69, 9.17) is 0 Å². The van der Waals surface area contributed by atoms with Crippen LogP contribution in [0.5, 0.6) is 0 Å². The number of carbonyl (C=O) groups is 2. The largest absolute Gasteiger partial charge is 0.355 e. The number of aryl methyl sites for hydroxylation is 1. The van der Waals surface area contributed by atoms with Gasteiger partial charge in [-0.25, -0.2) is 4.98 Å². The minimum absolute atomic E-state index is 0.0557. The van der Waals surface area contributed by atoms with Crippen LogP contribution in [-0.2, 0) is 16.0 Å². The lowest BCUT2D eigenvalue weighted by Crippen LogP contribution is -2.45. The van der Waals surface area contributed by atoms with E-state index in [1.165, 1.54) is 17.7 Å². The molecule has 1 saturated carbocycles. The lowest BCUT2D eigenvalue weighted by Gasteiger charge is -2.33. The molecule has 24 heavy (non-hydrogen) atoms. The van der Waals surface area contributed by atoms with Crippen molar-refractivity contribution in [2.24, 2.45) is 11.8 Å². The van der Waals surface area contributed by atoms with Gasteiger partial charge in [-0.2, -0.15) is 0 Å². The summed E-state index contributed by atoms with van der Waals surface area (Å²) in [6.07, 6.45) is 6.92. The van der Waals surface area contributed by atoms with E-state index in [2.05, 4.69) is 10.3 Å². The molecule has 2 fully saturated rings. The van der Waals surface area contributed by atoms with Gasteiger partial charge in [0.2, 0.25) is 11.8 Å². The van der Waals surface area contributed by atoms with Crippen molar-refractivity contribution in [2.75, 3.05) is 19.6 Å². The average Bonchev–Trinajstić information content (AvgIpc) is 3.26. The molecule has 132 valence electrons. The van der Waals surface area contributed by atoms with Crippen LogP contribution >= 0.6 is 11.3 Å². The molecule has 1 aromatic heterocycles. The molecule has 0 aromatic carbocycles. The predicted octanol–water partition coefficient (Wildman–Crippen LogP) is 2.54. The summed E-state index contributed by atoms with van der Waals surface area (Å²) in [7, 11) is 0. The zero-order valence-electron chi connectivity index (χ0n) is 14.4. The molecular formula is C18H27N3O2S. The molecule has 0 unspecified atom stereocenters. The Hall–Kier alpha value is -1.43. The molecule has 0 radical (unpaired) electrons. The third-order valence-electron chi connectivity index (χ3n) is 5.38. The van der Waals surface area contributed by atoms with Gasteiger partial charge in [0.15, 0.2) is 0 Å². The molecule has 0 spiro atoms. The molecule has 5 nitrogen and oxygen atoms in total. The van der Waals surface area contributed by atoms with E-state index < -0.39 is 0 Å². The van der Waals surface area contributed by atoms with Gasteiger partial charge in [0.25, 0.3) is 0 Å². The summed E-state index contributed by atoms with van der Waals surface area (Å²) in [4.78, 5) is 32.2. The van der Waals surface area contributed by atoms with Gasteiger partial charge in [-0.15, -0.1) is 11.3 Å². The van der Waals surface area contributed by atoms with E-state index in [-0.39, 0.29) is 17.7 Å². The molecule has 1 N–H and O–H groups in total. The molecule has 3 rings (SSSR count). The van der Waals surface area contributed by atoms with Crippen LogP contribution in [-0.4, -0.2) is 41.3 Å². The molecule has 6 heteroatoms. The Morgan fingerprint density at radius 1 is 1.21 bits per heavy atom. The maximum Gasteiger partial charge on any atom is 0.225 e. The van der Waals surface area contributed by atoms with Crippen LogP contribution in [0.1, 0.15) is 49.1 Å². The number of nitrogens with one attached hydrogen (secondary N) is 1. The Labute approximate surface area is 147 Å². The standard InChI is InChI=1S/C18H27N3O2S/c1-13-16(24-12-20-13)6-9-19-17(22)14-7-10-21(11-8-14)18(23)15-4-2-3-5-15/h12,14-15H,2-11H2,1H3,(H,19,22). The van der Waals surface area contributed by atoms with Gasteiger partial charge >= 0.3 is 0 Å². The summed E-state index contributed by atoms with van der Waals surface area (Å²) in [6, 6.07) is 0. The number of carbonyl (C=O) groups excluding carboxylic acids is 2. The number of aromatic nitrogens is 1. The van der Waals surface area contributed by atoms with Gasteiger partial charge in [0, 0.05) is 42.8 Å². The number of thiazole rings is 1. The van der Waals surface area contributed by atoms with E-state index in [9.17, 15) is 9.59 Å². The number of nitrogens with zero attached hydrogens (tertiary/aromatic N) is 2. The predicted molar refractivity (Wildman–Crippen MR) is 94.8 cm³/mol. The number of rotatable bonds is 5. The number of likely N-dealkylation sites (tertiary alicyclic amines) is 1. The second-order valence-electron chi connectivity index (χ2n) is 6.98. The Morgan fingerprint density at radius 3 is 2.54 bits per heavy atom. The minimum Gasteiger partial charge on any atom is -0.355 e. The monoisotopic (exact) mass is 349 g/mol. The Morgan fingerprint density at radius 2 is 1.92 bits per heavy atom. The van der Waals surface area contributed by atoms with E-state index in [1.54, 1.807) is 11.3 Å². The quantitative estimate of drug-likeness (QED) is 0.888. The highest BCUT2D eigenvalue weighted by Gasteiger charge is 2.31. The van der Waals surface area contributed by atoms with Crippen LogP contribution in [0.25, 0.3) is 0 Å². The summed E-state index contributed by atoms with van der Waals surface area (Å²) in [5, 5.41) is 3.05. The maximum absolute atomic E-state index is 12.4. The van der Waals surface area contributed by atoms with Crippen molar-refractivity contribution in [1.29, 1.82) is 0 Å². The fourth-order valence-electron chi connectivity index (χ4n) is 3.80. The van der Waals surface area contributed by atoms with Gasteiger partial charge < -0.3 is 10.2 Å². The van der Waals surface area contributed by atoms with Crippen molar-refractivity contribution in [1.82, 2.24) is 15.2 Å². The van der Waals surface area contributed by atoms with Crippen molar-refractivity contribution in [3.05, 3.63) is 16.1 Å². The lowest BCUT2D eigenvalue weighted by molar-refractivity contribution is -0.139. The first-order chi connectivity index (χ1) is 11.6. The molecule has 2 heterocycles. The first kappa shape index (κ1) is 17.4. The topological polar surface area (TPSA) is 62.3 Å².